The van der Waals surface area contributed by atoms with Crippen LogP contribution in [0.15, 0.2) is 24.3 Å². The van der Waals surface area contributed by atoms with Crippen LogP contribution in [0.1, 0.15) is 23.6 Å². The Bertz CT molecular complexity index is 687. The maximum Gasteiger partial charge on any atom is 0.283 e. The summed E-state index contributed by atoms with van der Waals surface area (Å²) in [6.45, 7) is 0.176. The summed E-state index contributed by atoms with van der Waals surface area (Å²) < 4.78 is 32.2. The smallest absolute Gasteiger partial charge is 0.283 e. The van der Waals surface area contributed by atoms with E-state index in [1.807, 2.05) is 0 Å². The third kappa shape index (κ3) is 2.32. The summed E-state index contributed by atoms with van der Waals surface area (Å²) >= 11 is 0. The van der Waals surface area contributed by atoms with Crippen LogP contribution in [0.2, 0.25) is 0 Å². The first-order valence-corrected chi connectivity index (χ1v) is 6.28. The number of alkyl halides is 2. The Kier molecular flexibility index (Phi) is 3.28. The maximum atomic E-state index is 12.9. The van der Waals surface area contributed by atoms with Gasteiger partial charge in [-0.05, 0) is 6.07 Å². The molecule has 8 heteroatoms. The number of nitrogens with zero attached hydrogens (tertiary/aromatic N) is 3. The highest BCUT2D eigenvalue weighted by atomic mass is 19.3. The van der Waals surface area contributed by atoms with Gasteiger partial charge in [-0.3, -0.25) is 4.79 Å². The van der Waals surface area contributed by atoms with Gasteiger partial charge < -0.3 is 10.1 Å². The molecule has 1 amide bonds. The molecule has 1 aliphatic rings. The van der Waals surface area contributed by atoms with Gasteiger partial charge in [0.15, 0.2) is 5.82 Å². The number of rotatable bonds is 3. The van der Waals surface area contributed by atoms with Gasteiger partial charge in [-0.1, -0.05) is 23.4 Å². The fraction of sp³-hybridized carbons (Fsp3) is 0.308. The number of carbonyl (C=O) groups excluding carboxylic acids is 1. The van der Waals surface area contributed by atoms with E-state index in [1.165, 1.54) is 7.05 Å². The SMILES string of the molecule is Cn1nnc(NC(=O)C2COc3ccccc32)c1C(F)F. The van der Waals surface area contributed by atoms with E-state index in [9.17, 15) is 13.6 Å². The van der Waals surface area contributed by atoms with Crippen molar-refractivity contribution in [1.82, 2.24) is 15.0 Å². The second-order valence-corrected chi connectivity index (χ2v) is 4.64. The molecule has 0 aliphatic carbocycles. The lowest BCUT2D eigenvalue weighted by Gasteiger charge is -2.09. The van der Waals surface area contributed by atoms with Gasteiger partial charge in [0.1, 0.15) is 24.0 Å². The summed E-state index contributed by atoms with van der Waals surface area (Å²) in [5, 5.41) is 9.47. The molecule has 1 aromatic carbocycles. The molecule has 0 spiro atoms. The number of amides is 1. The summed E-state index contributed by atoms with van der Waals surface area (Å²) in [6, 6.07) is 7.13. The summed E-state index contributed by atoms with van der Waals surface area (Å²) in [6.07, 6.45) is -2.77. The van der Waals surface area contributed by atoms with E-state index in [0.717, 1.165) is 10.2 Å². The van der Waals surface area contributed by atoms with Crippen molar-refractivity contribution in [3.05, 3.63) is 35.5 Å². The number of aromatic nitrogens is 3. The number of anilines is 1. The first kappa shape index (κ1) is 13.5. The van der Waals surface area contributed by atoms with Gasteiger partial charge in [-0.2, -0.15) is 0 Å². The van der Waals surface area contributed by atoms with E-state index in [1.54, 1.807) is 24.3 Å². The fourth-order valence-corrected chi connectivity index (χ4v) is 2.28. The Morgan fingerprint density at radius 3 is 3.00 bits per heavy atom. The van der Waals surface area contributed by atoms with Crippen molar-refractivity contribution in [3.63, 3.8) is 0 Å². The Morgan fingerprint density at radius 2 is 2.24 bits per heavy atom. The average molecular weight is 294 g/mol. The minimum atomic E-state index is -2.77. The van der Waals surface area contributed by atoms with E-state index in [-0.39, 0.29) is 12.4 Å². The molecule has 110 valence electrons. The largest absolute Gasteiger partial charge is 0.492 e. The predicted octanol–water partition coefficient (Wildman–Crippen LogP) is 1.87. The number of hydrogen-bond acceptors (Lipinski definition) is 4. The molecule has 2 heterocycles. The van der Waals surface area contributed by atoms with E-state index in [2.05, 4.69) is 15.6 Å². The van der Waals surface area contributed by atoms with Crippen LogP contribution in [0.5, 0.6) is 5.75 Å². The van der Waals surface area contributed by atoms with E-state index in [0.29, 0.717) is 5.75 Å². The molecule has 21 heavy (non-hydrogen) atoms. The monoisotopic (exact) mass is 294 g/mol. The van der Waals surface area contributed by atoms with Gasteiger partial charge in [-0.25, -0.2) is 13.5 Å². The predicted molar refractivity (Wildman–Crippen MR) is 69.3 cm³/mol. The van der Waals surface area contributed by atoms with Crippen molar-refractivity contribution in [2.45, 2.75) is 12.3 Å². The van der Waals surface area contributed by atoms with Crippen LogP contribution in [0.4, 0.5) is 14.6 Å². The number of benzene rings is 1. The molecule has 0 radical (unpaired) electrons. The highest BCUT2D eigenvalue weighted by Crippen LogP contribution is 2.34. The number of hydrogen-bond donors (Lipinski definition) is 1. The lowest BCUT2D eigenvalue weighted by molar-refractivity contribution is -0.117. The minimum absolute atomic E-state index is 0.176. The van der Waals surface area contributed by atoms with Crippen LogP contribution in [0.3, 0.4) is 0 Å². The van der Waals surface area contributed by atoms with Gasteiger partial charge in [-0.15, -0.1) is 5.10 Å². The number of carbonyl (C=O) groups is 1. The fourth-order valence-electron chi connectivity index (χ4n) is 2.28. The molecule has 6 nitrogen and oxygen atoms in total. The van der Waals surface area contributed by atoms with Crippen molar-refractivity contribution < 1.29 is 18.3 Å². The number of para-hydroxylation sites is 1. The van der Waals surface area contributed by atoms with Crippen LogP contribution in [0.25, 0.3) is 0 Å². The topological polar surface area (TPSA) is 69.0 Å². The third-order valence-corrected chi connectivity index (χ3v) is 3.33. The zero-order valence-electron chi connectivity index (χ0n) is 11.1. The summed E-state index contributed by atoms with van der Waals surface area (Å²) in [4.78, 5) is 12.2. The van der Waals surface area contributed by atoms with Gasteiger partial charge in [0.25, 0.3) is 6.43 Å². The van der Waals surface area contributed by atoms with Gasteiger partial charge in [0, 0.05) is 12.6 Å². The van der Waals surface area contributed by atoms with Crippen molar-refractivity contribution >= 4 is 11.7 Å². The standard InChI is InChI=1S/C13H12F2N4O2/c1-19-10(11(14)15)12(17-18-19)16-13(20)8-6-21-9-5-3-2-4-7(8)9/h2-5,8,11H,6H2,1H3,(H,16,20). The molecule has 1 aromatic heterocycles. The van der Waals surface area contributed by atoms with Gasteiger partial charge in [0.05, 0.1) is 0 Å². The first-order chi connectivity index (χ1) is 10.1. The summed E-state index contributed by atoms with van der Waals surface area (Å²) in [7, 11) is 1.35. The normalized spacial score (nSPS) is 16.7. The summed E-state index contributed by atoms with van der Waals surface area (Å²) in [5.41, 5.74) is 0.313. The van der Waals surface area contributed by atoms with Crippen molar-refractivity contribution in [2.75, 3.05) is 11.9 Å². The van der Waals surface area contributed by atoms with Crippen molar-refractivity contribution in [1.29, 1.82) is 0 Å². The number of halogens is 2. The van der Waals surface area contributed by atoms with E-state index < -0.39 is 23.9 Å². The molecule has 0 saturated heterocycles. The second kappa shape index (κ2) is 5.12. The lowest BCUT2D eigenvalue weighted by Crippen LogP contribution is -2.23. The quantitative estimate of drug-likeness (QED) is 0.938. The van der Waals surface area contributed by atoms with Crippen molar-refractivity contribution in [3.8, 4) is 5.75 Å². The molecule has 1 N–H and O–H groups in total. The number of ether oxygens (including phenoxy) is 1. The second-order valence-electron chi connectivity index (χ2n) is 4.64. The Hall–Kier alpha value is -2.51. The molecule has 1 unspecified atom stereocenters. The van der Waals surface area contributed by atoms with Crippen LogP contribution in [-0.2, 0) is 11.8 Å². The highest BCUT2D eigenvalue weighted by Gasteiger charge is 2.32. The molecular formula is C13H12F2N4O2. The van der Waals surface area contributed by atoms with E-state index >= 15 is 0 Å². The molecule has 2 aromatic rings. The molecular weight excluding hydrogens is 282 g/mol. The molecule has 0 saturated carbocycles. The zero-order chi connectivity index (χ0) is 15.0. The Morgan fingerprint density at radius 1 is 1.48 bits per heavy atom. The van der Waals surface area contributed by atoms with Crippen molar-refractivity contribution in [2.24, 2.45) is 7.05 Å². The minimum Gasteiger partial charge on any atom is -0.492 e. The maximum absolute atomic E-state index is 12.9. The number of fused-ring (bicyclic) bond motifs is 1. The van der Waals surface area contributed by atoms with Crippen LogP contribution < -0.4 is 10.1 Å². The van der Waals surface area contributed by atoms with E-state index in [4.69, 9.17) is 4.74 Å². The first-order valence-electron chi connectivity index (χ1n) is 6.28. The molecule has 0 fully saturated rings. The van der Waals surface area contributed by atoms with Crippen LogP contribution >= 0.6 is 0 Å². The summed E-state index contributed by atoms with van der Waals surface area (Å²) in [5.74, 6) is -0.580. The van der Waals surface area contributed by atoms with Crippen LogP contribution in [0, 0.1) is 0 Å². The van der Waals surface area contributed by atoms with Gasteiger partial charge >= 0.3 is 0 Å². The third-order valence-electron chi connectivity index (χ3n) is 3.33. The van der Waals surface area contributed by atoms with Gasteiger partial charge in [0.2, 0.25) is 5.91 Å². The average Bonchev–Trinajstić information content (AvgIpc) is 3.02. The Balaban J connectivity index is 1.82. The number of nitrogens with one attached hydrogen (secondary N) is 1. The molecule has 1 aliphatic heterocycles. The van der Waals surface area contributed by atoms with Crippen LogP contribution in [-0.4, -0.2) is 27.5 Å². The molecule has 3 rings (SSSR count). The molecule has 1 atom stereocenters. The molecule has 0 bridgehead atoms. The number of aryl methyl sites for hydroxylation is 1. The lowest BCUT2D eigenvalue weighted by atomic mass is 10.0. The zero-order valence-corrected chi connectivity index (χ0v) is 11.1. The Labute approximate surface area is 118 Å². The highest BCUT2D eigenvalue weighted by molar-refractivity contribution is 5.96.